The largest absolute Gasteiger partial charge is 0.492 e. The van der Waals surface area contributed by atoms with Crippen LogP contribution in [0, 0.1) is 0 Å². The lowest BCUT2D eigenvalue weighted by Crippen LogP contribution is -2.43. The average molecular weight is 383 g/mol. The van der Waals surface area contributed by atoms with E-state index in [-0.39, 0.29) is 25.5 Å². The molecule has 0 radical (unpaired) electrons. The van der Waals surface area contributed by atoms with Crippen LogP contribution in [0.25, 0.3) is 0 Å². The fraction of sp³-hybridized carbons (Fsp3) is 0.429. The van der Waals surface area contributed by atoms with E-state index in [9.17, 15) is 5.11 Å². The standard InChI is InChI=1S/C21H21NO6/c1-22-7-12-11(3-4-14-19(12)27-8-25-14)17-13(23)5-10-6-15-20(28-9-26-15)21(24-2)16(10)18(17)22/h3-4,6,13,17-18,23H,5,7-9H2,1-2H3/t13-,17+,18+/m1/s1. The summed E-state index contributed by atoms with van der Waals surface area (Å²) < 4.78 is 28.4. The maximum absolute atomic E-state index is 11.2. The van der Waals surface area contributed by atoms with Gasteiger partial charge in [-0.15, -0.1) is 0 Å². The van der Waals surface area contributed by atoms with E-state index >= 15 is 0 Å². The van der Waals surface area contributed by atoms with Gasteiger partial charge in [-0.2, -0.15) is 0 Å². The molecule has 6 rings (SSSR count). The number of benzene rings is 2. The molecule has 146 valence electrons. The molecule has 4 aliphatic rings. The molecule has 0 unspecified atom stereocenters. The van der Waals surface area contributed by atoms with E-state index in [1.54, 1.807) is 7.11 Å². The molecule has 0 saturated carbocycles. The van der Waals surface area contributed by atoms with Crippen LogP contribution in [-0.4, -0.2) is 43.9 Å². The molecule has 1 N–H and O–H groups in total. The van der Waals surface area contributed by atoms with Gasteiger partial charge in [-0.3, -0.25) is 4.90 Å². The second kappa shape index (κ2) is 5.68. The number of likely N-dealkylation sites (N-methyl/N-ethyl adjacent to an activating group) is 1. The van der Waals surface area contributed by atoms with Crippen molar-refractivity contribution in [2.75, 3.05) is 27.7 Å². The summed E-state index contributed by atoms with van der Waals surface area (Å²) in [5.41, 5.74) is 4.34. The van der Waals surface area contributed by atoms with Crippen molar-refractivity contribution in [2.24, 2.45) is 0 Å². The van der Waals surface area contributed by atoms with Gasteiger partial charge in [0, 0.05) is 29.6 Å². The molecule has 7 nitrogen and oxygen atoms in total. The van der Waals surface area contributed by atoms with Crippen molar-refractivity contribution < 1.29 is 28.8 Å². The zero-order chi connectivity index (χ0) is 19.0. The molecule has 7 heteroatoms. The van der Waals surface area contributed by atoms with E-state index < -0.39 is 6.10 Å². The van der Waals surface area contributed by atoms with Crippen LogP contribution in [0.1, 0.15) is 34.2 Å². The van der Waals surface area contributed by atoms with Gasteiger partial charge in [-0.05, 0) is 36.7 Å². The molecule has 0 spiro atoms. The van der Waals surface area contributed by atoms with Crippen LogP contribution in [-0.2, 0) is 13.0 Å². The van der Waals surface area contributed by atoms with Crippen LogP contribution in [0.4, 0.5) is 0 Å². The Kier molecular flexibility index (Phi) is 3.31. The Labute approximate surface area is 162 Å². The van der Waals surface area contributed by atoms with E-state index in [0.29, 0.717) is 30.2 Å². The lowest BCUT2D eigenvalue weighted by atomic mass is 9.70. The predicted molar refractivity (Wildman–Crippen MR) is 98.3 cm³/mol. The Hall–Kier alpha value is -2.64. The highest BCUT2D eigenvalue weighted by Crippen LogP contribution is 2.57. The number of aliphatic hydroxyl groups excluding tert-OH is 1. The maximum Gasteiger partial charge on any atom is 0.231 e. The van der Waals surface area contributed by atoms with Gasteiger partial charge in [-0.1, -0.05) is 6.07 Å². The van der Waals surface area contributed by atoms with Crippen LogP contribution in [0.3, 0.4) is 0 Å². The molecular formula is C21H21NO6. The first-order chi connectivity index (χ1) is 13.7. The number of hydrogen-bond donors (Lipinski definition) is 1. The van der Waals surface area contributed by atoms with Crippen molar-refractivity contribution in [1.29, 1.82) is 0 Å². The number of fused-ring (bicyclic) bond motifs is 8. The molecule has 0 saturated heterocycles. The van der Waals surface area contributed by atoms with Crippen molar-refractivity contribution in [3.63, 3.8) is 0 Å². The van der Waals surface area contributed by atoms with Gasteiger partial charge in [0.2, 0.25) is 19.3 Å². The molecule has 3 heterocycles. The summed E-state index contributed by atoms with van der Waals surface area (Å²) in [7, 11) is 3.73. The minimum Gasteiger partial charge on any atom is -0.492 e. The minimum absolute atomic E-state index is 0.0314. The third-order valence-electron chi connectivity index (χ3n) is 6.35. The van der Waals surface area contributed by atoms with Crippen LogP contribution in [0.15, 0.2) is 18.2 Å². The first kappa shape index (κ1) is 16.3. The number of ether oxygens (including phenoxy) is 5. The highest BCUT2D eigenvalue weighted by Gasteiger charge is 2.47. The fourth-order valence-electron chi connectivity index (χ4n) is 5.26. The zero-order valence-electron chi connectivity index (χ0n) is 15.7. The summed E-state index contributed by atoms with van der Waals surface area (Å²) in [6, 6.07) is 5.98. The quantitative estimate of drug-likeness (QED) is 0.811. The molecule has 3 atom stereocenters. The molecule has 0 bridgehead atoms. The van der Waals surface area contributed by atoms with Gasteiger partial charge in [-0.25, -0.2) is 0 Å². The third kappa shape index (κ3) is 2.00. The number of aliphatic hydroxyl groups is 1. The number of hydrogen-bond acceptors (Lipinski definition) is 7. The van der Waals surface area contributed by atoms with Crippen LogP contribution in [0.2, 0.25) is 0 Å². The summed E-state index contributed by atoms with van der Waals surface area (Å²) in [5.74, 6) is 3.54. The van der Waals surface area contributed by atoms with E-state index in [1.165, 1.54) is 0 Å². The topological polar surface area (TPSA) is 69.6 Å². The van der Waals surface area contributed by atoms with Gasteiger partial charge in [0.1, 0.15) is 0 Å². The van der Waals surface area contributed by atoms with E-state index in [2.05, 4.69) is 18.0 Å². The summed E-state index contributed by atoms with van der Waals surface area (Å²) in [6.45, 7) is 1.13. The summed E-state index contributed by atoms with van der Waals surface area (Å²) in [5, 5.41) is 11.2. The van der Waals surface area contributed by atoms with Gasteiger partial charge < -0.3 is 28.8 Å². The van der Waals surface area contributed by atoms with Gasteiger partial charge in [0.15, 0.2) is 23.0 Å². The Balaban J connectivity index is 1.57. The molecule has 1 aliphatic carbocycles. The predicted octanol–water partition coefficient (Wildman–Crippen LogP) is 2.34. The number of rotatable bonds is 1. The molecule has 28 heavy (non-hydrogen) atoms. The molecule has 2 aromatic carbocycles. The van der Waals surface area contributed by atoms with Crippen LogP contribution in [0.5, 0.6) is 28.7 Å². The normalized spacial score (nSPS) is 26.5. The smallest absolute Gasteiger partial charge is 0.231 e. The number of nitrogens with zero attached hydrogens (tertiary/aromatic N) is 1. The summed E-state index contributed by atoms with van der Waals surface area (Å²) in [6.07, 6.45) is 0.00930. The SMILES string of the molecule is COc1c2c(cc3c1[C@H]1[C@@H](c4ccc5c(c4CN1C)OCO5)[C@H](O)C3)OCO2. The highest BCUT2D eigenvalue weighted by molar-refractivity contribution is 5.64. The second-order valence-corrected chi connectivity index (χ2v) is 7.74. The second-order valence-electron chi connectivity index (χ2n) is 7.74. The lowest BCUT2D eigenvalue weighted by molar-refractivity contribution is 0.0576. The Morgan fingerprint density at radius 2 is 1.86 bits per heavy atom. The lowest BCUT2D eigenvalue weighted by Gasteiger charge is -2.47. The Morgan fingerprint density at radius 1 is 1.07 bits per heavy atom. The van der Waals surface area contributed by atoms with Crippen LogP contribution < -0.4 is 23.7 Å². The third-order valence-corrected chi connectivity index (χ3v) is 6.35. The van der Waals surface area contributed by atoms with Gasteiger partial charge >= 0.3 is 0 Å². The van der Waals surface area contributed by atoms with Crippen molar-refractivity contribution in [3.05, 3.63) is 40.5 Å². The van der Waals surface area contributed by atoms with Crippen LogP contribution >= 0.6 is 0 Å². The molecule has 3 aliphatic heterocycles. The van der Waals surface area contributed by atoms with E-state index in [1.807, 2.05) is 12.1 Å². The fourth-order valence-corrected chi connectivity index (χ4v) is 5.26. The highest BCUT2D eigenvalue weighted by atomic mass is 16.7. The van der Waals surface area contributed by atoms with Gasteiger partial charge in [0.25, 0.3) is 0 Å². The minimum atomic E-state index is -0.524. The van der Waals surface area contributed by atoms with Crippen molar-refractivity contribution in [3.8, 4) is 28.7 Å². The molecular weight excluding hydrogens is 362 g/mol. The Bertz CT molecular complexity index is 990. The molecule has 0 fully saturated rings. The van der Waals surface area contributed by atoms with Crippen molar-refractivity contribution in [1.82, 2.24) is 4.90 Å². The zero-order valence-corrected chi connectivity index (χ0v) is 15.7. The monoisotopic (exact) mass is 383 g/mol. The Morgan fingerprint density at radius 3 is 2.68 bits per heavy atom. The van der Waals surface area contributed by atoms with E-state index in [0.717, 1.165) is 33.8 Å². The molecule has 2 aromatic rings. The maximum atomic E-state index is 11.2. The summed E-state index contributed by atoms with van der Waals surface area (Å²) in [4.78, 5) is 2.25. The average Bonchev–Trinajstić information content (AvgIpc) is 3.35. The molecule has 0 amide bonds. The summed E-state index contributed by atoms with van der Waals surface area (Å²) >= 11 is 0. The first-order valence-corrected chi connectivity index (χ1v) is 9.46. The molecule has 0 aromatic heterocycles. The number of methoxy groups -OCH3 is 1. The van der Waals surface area contributed by atoms with Crippen molar-refractivity contribution in [2.45, 2.75) is 31.0 Å². The first-order valence-electron chi connectivity index (χ1n) is 9.46. The van der Waals surface area contributed by atoms with Gasteiger partial charge in [0.05, 0.1) is 13.2 Å². The van der Waals surface area contributed by atoms with E-state index in [4.69, 9.17) is 23.7 Å². The van der Waals surface area contributed by atoms with Crippen molar-refractivity contribution >= 4 is 0 Å².